The van der Waals surface area contributed by atoms with E-state index in [0.29, 0.717) is 6.54 Å². The molecule has 2 aromatic rings. The van der Waals surface area contributed by atoms with E-state index in [0.717, 1.165) is 29.7 Å². The van der Waals surface area contributed by atoms with Crippen LogP contribution in [0.1, 0.15) is 57.4 Å². The highest BCUT2D eigenvalue weighted by Crippen LogP contribution is 2.33. The van der Waals surface area contributed by atoms with E-state index in [-0.39, 0.29) is 40.1 Å². The molecule has 38 heavy (non-hydrogen) atoms. The minimum atomic E-state index is -4.43. The van der Waals surface area contributed by atoms with Crippen LogP contribution < -0.4 is 10.2 Å². The van der Waals surface area contributed by atoms with Gasteiger partial charge >= 0.3 is 6.18 Å². The number of fused-ring (bicyclic) bond motifs is 1. The molecule has 1 fully saturated rings. The third-order valence-electron chi connectivity index (χ3n) is 6.94. The molecule has 0 aliphatic carbocycles. The van der Waals surface area contributed by atoms with Gasteiger partial charge in [0, 0.05) is 37.3 Å². The monoisotopic (exact) mass is 554 g/mol. The predicted octanol–water partition coefficient (Wildman–Crippen LogP) is 4.81. The first kappa shape index (κ1) is 28.3. The van der Waals surface area contributed by atoms with E-state index in [2.05, 4.69) is 24.5 Å². The molecule has 0 radical (unpaired) electrons. The number of rotatable bonds is 6. The summed E-state index contributed by atoms with van der Waals surface area (Å²) in [4.78, 5) is 11.9. The summed E-state index contributed by atoms with van der Waals surface area (Å²) in [6.07, 6.45) is -2.41. The minimum Gasteiger partial charge on any atom is -0.468 e. The quantitative estimate of drug-likeness (QED) is 0.548. The van der Waals surface area contributed by atoms with Crippen molar-refractivity contribution >= 4 is 15.9 Å². The summed E-state index contributed by atoms with van der Waals surface area (Å²) < 4.78 is 72.2. The lowest BCUT2D eigenvalue weighted by molar-refractivity contribution is -0.154. The van der Waals surface area contributed by atoms with Crippen molar-refractivity contribution in [2.24, 2.45) is 15.7 Å². The Hall–Kier alpha value is -2.70. The van der Waals surface area contributed by atoms with Crippen LogP contribution in [0, 0.1) is 11.3 Å². The fraction of sp³-hybridized carbons (Fsp3) is 0.538. The Bertz CT molecular complexity index is 1290. The molecule has 0 saturated carbocycles. The number of ether oxygens (including phenoxy) is 1. The number of halogens is 3. The Kier molecular flexibility index (Phi) is 7.79. The summed E-state index contributed by atoms with van der Waals surface area (Å²) in [5.41, 5.74) is 5.29. The van der Waals surface area contributed by atoms with Crippen LogP contribution in [0.25, 0.3) is 0 Å². The average Bonchev–Trinajstić information content (AvgIpc) is 3.21. The zero-order valence-electron chi connectivity index (χ0n) is 22.0. The van der Waals surface area contributed by atoms with Gasteiger partial charge in [0.05, 0.1) is 11.0 Å². The number of amidine groups is 1. The summed E-state index contributed by atoms with van der Waals surface area (Å²) in [6, 6.07) is 8.11. The smallest absolute Gasteiger partial charge is 0.422 e. The van der Waals surface area contributed by atoms with E-state index in [1.165, 1.54) is 12.3 Å². The maximum atomic E-state index is 13.2. The van der Waals surface area contributed by atoms with Crippen LogP contribution in [-0.4, -0.2) is 49.6 Å². The Balaban J connectivity index is 1.48. The topological polar surface area (TPSA) is 93.1 Å². The number of hydrogen-bond acceptors (Lipinski definition) is 6. The van der Waals surface area contributed by atoms with Crippen LogP contribution >= 0.6 is 0 Å². The molecule has 208 valence electrons. The van der Waals surface area contributed by atoms with Crippen molar-refractivity contribution in [2.45, 2.75) is 70.8 Å². The molecule has 0 amide bonds. The van der Waals surface area contributed by atoms with E-state index in [1.54, 1.807) is 18.2 Å². The number of benzene rings is 1. The molecule has 8 nitrogen and oxygen atoms in total. The average molecular weight is 555 g/mol. The molecule has 1 N–H and O–H groups in total. The molecule has 1 saturated heterocycles. The molecule has 3 heterocycles. The van der Waals surface area contributed by atoms with Gasteiger partial charge in [-0.05, 0) is 47.6 Å². The number of pyridine rings is 1. The van der Waals surface area contributed by atoms with Crippen molar-refractivity contribution in [3.63, 3.8) is 0 Å². The van der Waals surface area contributed by atoms with Crippen LogP contribution in [0.15, 0.2) is 45.8 Å². The molecule has 3 atom stereocenters. The van der Waals surface area contributed by atoms with E-state index in [1.807, 2.05) is 40.7 Å². The third-order valence-corrected chi connectivity index (χ3v) is 8.23. The highest BCUT2D eigenvalue weighted by molar-refractivity contribution is 7.90. The van der Waals surface area contributed by atoms with Crippen LogP contribution in [0.5, 0.6) is 5.88 Å². The molecule has 1 aromatic carbocycles. The first-order valence-electron chi connectivity index (χ1n) is 12.4. The Morgan fingerprint density at radius 1 is 1.21 bits per heavy atom. The summed E-state index contributed by atoms with van der Waals surface area (Å²) in [5, 5.41) is 0. The second kappa shape index (κ2) is 10.5. The van der Waals surface area contributed by atoms with Gasteiger partial charge in [-0.15, -0.1) is 4.40 Å². The Morgan fingerprint density at radius 3 is 2.55 bits per heavy atom. The number of nitrogens with one attached hydrogen (secondary N) is 1. The molecule has 12 heteroatoms. The van der Waals surface area contributed by atoms with E-state index in [4.69, 9.17) is 4.84 Å². The maximum absolute atomic E-state index is 13.2. The van der Waals surface area contributed by atoms with Gasteiger partial charge in [-0.2, -0.15) is 21.6 Å². The molecule has 0 spiro atoms. The number of alkyl halides is 3. The lowest BCUT2D eigenvalue weighted by Crippen LogP contribution is -2.33. The molecule has 2 aliphatic heterocycles. The molecule has 2 aliphatic rings. The van der Waals surface area contributed by atoms with Gasteiger partial charge in [0.1, 0.15) is 5.84 Å². The Morgan fingerprint density at radius 2 is 1.95 bits per heavy atom. The van der Waals surface area contributed by atoms with E-state index < -0.39 is 22.8 Å². The second-order valence-corrected chi connectivity index (χ2v) is 12.5. The lowest BCUT2D eigenvalue weighted by atomic mass is 9.82. The first-order chi connectivity index (χ1) is 17.6. The molecule has 1 aromatic heterocycles. The fourth-order valence-electron chi connectivity index (χ4n) is 4.81. The summed E-state index contributed by atoms with van der Waals surface area (Å²) in [5.74, 6) is -0.0188. The zero-order chi connectivity index (χ0) is 27.9. The van der Waals surface area contributed by atoms with E-state index >= 15 is 0 Å². The number of hydrogen-bond donors (Lipinski definition) is 1. The lowest BCUT2D eigenvalue weighted by Gasteiger charge is -2.34. The van der Waals surface area contributed by atoms with Gasteiger partial charge in [-0.1, -0.05) is 39.8 Å². The van der Waals surface area contributed by atoms with Gasteiger partial charge in [-0.25, -0.2) is 4.98 Å². The van der Waals surface area contributed by atoms with Crippen molar-refractivity contribution in [3.8, 4) is 5.88 Å². The van der Waals surface area contributed by atoms with Crippen LogP contribution in [-0.2, 0) is 27.8 Å². The summed E-state index contributed by atoms with van der Waals surface area (Å²) >= 11 is 0. The van der Waals surface area contributed by atoms with Gasteiger partial charge in [0.2, 0.25) is 5.88 Å². The van der Waals surface area contributed by atoms with Crippen molar-refractivity contribution in [3.05, 3.63) is 53.2 Å². The van der Waals surface area contributed by atoms with Crippen molar-refractivity contribution in [2.75, 3.05) is 13.2 Å². The third kappa shape index (κ3) is 6.47. The fourth-order valence-corrected chi connectivity index (χ4v) is 5.91. The van der Waals surface area contributed by atoms with Gasteiger partial charge < -0.3 is 4.74 Å². The molecule has 2 unspecified atom stereocenters. The Labute approximate surface area is 221 Å². The zero-order valence-corrected chi connectivity index (χ0v) is 22.9. The number of aromatic nitrogens is 1. The van der Waals surface area contributed by atoms with Gasteiger partial charge in [0.25, 0.3) is 10.0 Å². The van der Waals surface area contributed by atoms with Gasteiger partial charge in [0.15, 0.2) is 6.61 Å². The van der Waals surface area contributed by atoms with Gasteiger partial charge in [-0.3, -0.25) is 15.2 Å². The van der Waals surface area contributed by atoms with Crippen LogP contribution in [0.4, 0.5) is 13.2 Å². The van der Waals surface area contributed by atoms with Crippen molar-refractivity contribution < 1.29 is 31.2 Å². The van der Waals surface area contributed by atoms with E-state index in [9.17, 15) is 21.6 Å². The largest absolute Gasteiger partial charge is 0.468 e. The van der Waals surface area contributed by atoms with Crippen LogP contribution in [0.3, 0.4) is 0 Å². The molecule has 0 bridgehead atoms. The number of sulfonamides is 1. The second-order valence-electron chi connectivity index (χ2n) is 10.9. The maximum Gasteiger partial charge on any atom is 0.422 e. The van der Waals surface area contributed by atoms with Crippen LogP contribution in [0.2, 0.25) is 0 Å². The number of nitrogens with zero attached hydrogens (tertiary/aromatic N) is 3. The SMILES string of the molecule is CC1C(=NS(=O)(=O)c2ccc3c(c2)CN([C@H](C)c2ccc(OCC(F)(F)F)nc2)CC3)NOC1C(C)(C)C. The molecular formula is C26H33F3N4O4S. The molecule has 4 rings (SSSR count). The predicted molar refractivity (Wildman–Crippen MR) is 136 cm³/mol. The first-order valence-corrected chi connectivity index (χ1v) is 13.9. The highest BCUT2D eigenvalue weighted by Gasteiger charge is 2.40. The van der Waals surface area contributed by atoms with Crippen molar-refractivity contribution in [1.82, 2.24) is 15.4 Å². The van der Waals surface area contributed by atoms with Crippen molar-refractivity contribution in [1.29, 1.82) is 0 Å². The normalized spacial score (nSPS) is 22.7. The highest BCUT2D eigenvalue weighted by atomic mass is 32.2. The number of hydroxylamine groups is 1. The molecular weight excluding hydrogens is 521 g/mol. The standard InChI is InChI=1S/C26H33F3N4O4S/c1-16-23(25(3,4)5)37-31-24(16)32-38(34,35)21-8-6-18-10-11-33(14-20(18)12-21)17(2)19-7-9-22(30-13-19)36-15-26(27,28)29/h6-9,12-13,16-17,23H,10-11,14-15H2,1-5H3,(H,31,32)/t16?,17-,23?/m1/s1. The summed E-state index contributed by atoms with van der Waals surface area (Å²) in [7, 11) is -3.97. The summed E-state index contributed by atoms with van der Waals surface area (Å²) in [6.45, 7) is 9.78. The minimum absolute atomic E-state index is 0.0935.